The minimum atomic E-state index is -0.890. The van der Waals surface area contributed by atoms with E-state index in [1.165, 1.54) is 4.90 Å². The van der Waals surface area contributed by atoms with Crippen molar-refractivity contribution in [1.29, 1.82) is 0 Å². The van der Waals surface area contributed by atoms with Crippen molar-refractivity contribution < 1.29 is 9.90 Å². The fraction of sp³-hybridized carbons (Fsp3) is 0.238. The number of aromatic nitrogens is 6. The summed E-state index contributed by atoms with van der Waals surface area (Å²) in [5.74, 6) is 2.02. The third kappa shape index (κ3) is 3.52. The Morgan fingerprint density at radius 3 is 2.55 bits per heavy atom. The van der Waals surface area contributed by atoms with Crippen LogP contribution in [0.2, 0.25) is 0 Å². The van der Waals surface area contributed by atoms with Crippen LogP contribution >= 0.6 is 0 Å². The zero-order valence-electron chi connectivity index (χ0n) is 16.9. The molecule has 31 heavy (non-hydrogen) atoms. The Morgan fingerprint density at radius 1 is 1.03 bits per heavy atom. The van der Waals surface area contributed by atoms with Crippen molar-refractivity contribution in [2.24, 2.45) is 0 Å². The molecule has 0 unspecified atom stereocenters. The second-order valence-electron chi connectivity index (χ2n) is 7.26. The summed E-state index contributed by atoms with van der Waals surface area (Å²) in [7, 11) is 0. The zero-order chi connectivity index (χ0) is 21.4. The van der Waals surface area contributed by atoms with Crippen LogP contribution in [-0.4, -0.2) is 72.0 Å². The fourth-order valence-corrected chi connectivity index (χ4v) is 3.79. The molecule has 0 bridgehead atoms. The van der Waals surface area contributed by atoms with Gasteiger partial charge in [-0.25, -0.2) is 19.4 Å². The number of anilines is 1. The monoisotopic (exact) mass is 416 g/mol. The van der Waals surface area contributed by atoms with Crippen LogP contribution in [0.5, 0.6) is 0 Å². The Kier molecular flexibility index (Phi) is 4.66. The van der Waals surface area contributed by atoms with Gasteiger partial charge < -0.3 is 14.9 Å². The third-order valence-corrected chi connectivity index (χ3v) is 5.30. The van der Waals surface area contributed by atoms with Gasteiger partial charge >= 0.3 is 6.09 Å². The van der Waals surface area contributed by atoms with Crippen LogP contribution in [0.25, 0.3) is 28.1 Å². The molecule has 0 spiro atoms. The van der Waals surface area contributed by atoms with E-state index in [4.69, 9.17) is 5.10 Å². The van der Waals surface area contributed by atoms with Crippen molar-refractivity contribution in [3.05, 3.63) is 54.7 Å². The molecular formula is C21H20N8O2. The maximum absolute atomic E-state index is 11.2. The highest BCUT2D eigenvalue weighted by atomic mass is 16.4. The Hall–Kier alpha value is -4.08. The average Bonchev–Trinajstić information content (AvgIpc) is 3.19. The molecule has 1 aliphatic rings. The fourth-order valence-electron chi connectivity index (χ4n) is 3.79. The molecule has 0 atom stereocenters. The highest BCUT2D eigenvalue weighted by Crippen LogP contribution is 2.28. The van der Waals surface area contributed by atoms with Crippen LogP contribution in [0.1, 0.15) is 5.82 Å². The molecule has 0 saturated carbocycles. The molecule has 10 heteroatoms. The SMILES string of the molecule is Cc1nc(N2CCN(C(=O)O)CC2)cc(-n2nc(-c3cnccn3)c3ccccc32)n1. The summed E-state index contributed by atoms with van der Waals surface area (Å²) < 4.78 is 1.80. The molecule has 0 radical (unpaired) electrons. The number of fused-ring (bicyclic) bond motifs is 1. The number of piperazine rings is 1. The largest absolute Gasteiger partial charge is 0.465 e. The molecule has 5 rings (SSSR count). The van der Waals surface area contributed by atoms with Gasteiger partial charge in [0.15, 0.2) is 5.82 Å². The van der Waals surface area contributed by atoms with Gasteiger partial charge in [-0.15, -0.1) is 0 Å². The van der Waals surface area contributed by atoms with Gasteiger partial charge in [0.1, 0.15) is 23.0 Å². The van der Waals surface area contributed by atoms with E-state index >= 15 is 0 Å². The molecule has 1 saturated heterocycles. The Balaban J connectivity index is 1.56. The molecule has 1 fully saturated rings. The zero-order valence-corrected chi connectivity index (χ0v) is 16.9. The highest BCUT2D eigenvalue weighted by Gasteiger charge is 2.23. The van der Waals surface area contributed by atoms with Gasteiger partial charge in [-0.3, -0.25) is 9.97 Å². The van der Waals surface area contributed by atoms with E-state index in [0.29, 0.717) is 43.5 Å². The maximum atomic E-state index is 11.2. The standard InChI is InChI=1S/C21H20N8O2/c1-14-24-18(27-8-10-28(11-9-27)21(30)31)12-19(25-14)29-17-5-3-2-4-15(17)20(26-29)16-13-22-6-7-23-16/h2-7,12-13H,8-11H2,1H3,(H,30,31). The van der Waals surface area contributed by atoms with Crippen LogP contribution in [0.3, 0.4) is 0 Å². The number of para-hydroxylation sites is 1. The van der Waals surface area contributed by atoms with Crippen LogP contribution in [0.15, 0.2) is 48.9 Å². The number of rotatable bonds is 3. The number of amides is 1. The average molecular weight is 416 g/mol. The summed E-state index contributed by atoms with van der Waals surface area (Å²) in [5, 5.41) is 15.0. The van der Waals surface area contributed by atoms with Gasteiger partial charge in [0, 0.05) is 50.0 Å². The summed E-state index contributed by atoms with van der Waals surface area (Å²) >= 11 is 0. The molecular weight excluding hydrogens is 396 g/mol. The van der Waals surface area contributed by atoms with E-state index < -0.39 is 6.09 Å². The molecule has 1 aromatic carbocycles. The first-order chi connectivity index (χ1) is 15.1. The van der Waals surface area contributed by atoms with Gasteiger partial charge in [-0.2, -0.15) is 5.10 Å². The highest BCUT2D eigenvalue weighted by molar-refractivity contribution is 5.93. The van der Waals surface area contributed by atoms with Crippen LogP contribution in [-0.2, 0) is 0 Å². The quantitative estimate of drug-likeness (QED) is 0.542. The van der Waals surface area contributed by atoms with Gasteiger partial charge in [0.25, 0.3) is 0 Å². The maximum Gasteiger partial charge on any atom is 0.407 e. The van der Waals surface area contributed by atoms with Gasteiger partial charge in [-0.1, -0.05) is 18.2 Å². The lowest BCUT2D eigenvalue weighted by Gasteiger charge is -2.34. The number of carbonyl (C=O) groups is 1. The minimum absolute atomic E-state index is 0.440. The lowest BCUT2D eigenvalue weighted by molar-refractivity contribution is 0.142. The van der Waals surface area contributed by atoms with Crippen LogP contribution in [0.4, 0.5) is 10.6 Å². The summed E-state index contributed by atoms with van der Waals surface area (Å²) in [6.45, 7) is 3.88. The smallest absolute Gasteiger partial charge is 0.407 e. The molecule has 4 heterocycles. The molecule has 3 aromatic heterocycles. The number of aryl methyl sites for hydroxylation is 1. The van der Waals surface area contributed by atoms with E-state index in [1.807, 2.05) is 37.3 Å². The molecule has 156 valence electrons. The number of hydrogen-bond acceptors (Lipinski definition) is 7. The van der Waals surface area contributed by atoms with Crippen LogP contribution in [0, 0.1) is 6.92 Å². The molecule has 1 amide bonds. The third-order valence-electron chi connectivity index (χ3n) is 5.30. The molecule has 10 nitrogen and oxygen atoms in total. The summed E-state index contributed by atoms with van der Waals surface area (Å²) in [4.78, 5) is 32.5. The number of nitrogens with zero attached hydrogens (tertiary/aromatic N) is 8. The predicted octanol–water partition coefficient (Wildman–Crippen LogP) is 2.38. The van der Waals surface area contributed by atoms with Gasteiger partial charge in [-0.05, 0) is 13.0 Å². The van der Waals surface area contributed by atoms with Crippen molar-refractivity contribution in [2.45, 2.75) is 6.92 Å². The number of hydrogen-bond donors (Lipinski definition) is 1. The Morgan fingerprint density at radius 2 is 1.81 bits per heavy atom. The van der Waals surface area contributed by atoms with E-state index in [0.717, 1.165) is 22.4 Å². The van der Waals surface area contributed by atoms with Crippen molar-refractivity contribution in [3.8, 4) is 17.2 Å². The molecule has 4 aromatic rings. The first kappa shape index (κ1) is 18.9. The lowest BCUT2D eigenvalue weighted by Crippen LogP contribution is -2.48. The van der Waals surface area contributed by atoms with Crippen molar-refractivity contribution in [3.63, 3.8) is 0 Å². The number of carboxylic acid groups (broad SMARTS) is 1. The van der Waals surface area contributed by atoms with E-state index in [-0.39, 0.29) is 0 Å². The second kappa shape index (κ2) is 7.63. The molecule has 0 aliphatic carbocycles. The first-order valence-corrected chi connectivity index (χ1v) is 9.93. The Labute approximate surface area is 177 Å². The topological polar surface area (TPSA) is 113 Å². The summed E-state index contributed by atoms with van der Waals surface area (Å²) in [6, 6.07) is 9.81. The molecule has 1 N–H and O–H groups in total. The Bertz CT molecular complexity index is 1250. The normalized spacial score (nSPS) is 14.2. The van der Waals surface area contributed by atoms with Crippen molar-refractivity contribution >= 4 is 22.8 Å². The predicted molar refractivity (Wildman–Crippen MR) is 114 cm³/mol. The first-order valence-electron chi connectivity index (χ1n) is 9.93. The van der Waals surface area contributed by atoms with E-state index in [2.05, 4.69) is 24.8 Å². The van der Waals surface area contributed by atoms with Crippen molar-refractivity contribution in [1.82, 2.24) is 34.6 Å². The number of benzene rings is 1. The molecule has 1 aliphatic heterocycles. The van der Waals surface area contributed by atoms with E-state index in [1.54, 1.807) is 23.3 Å². The second-order valence-corrected chi connectivity index (χ2v) is 7.26. The van der Waals surface area contributed by atoms with Gasteiger partial charge in [0.2, 0.25) is 0 Å². The lowest BCUT2D eigenvalue weighted by atomic mass is 10.2. The summed E-state index contributed by atoms with van der Waals surface area (Å²) in [5.41, 5.74) is 2.33. The van der Waals surface area contributed by atoms with Crippen LogP contribution < -0.4 is 4.90 Å². The minimum Gasteiger partial charge on any atom is -0.465 e. The van der Waals surface area contributed by atoms with Crippen molar-refractivity contribution in [2.75, 3.05) is 31.1 Å². The summed E-state index contributed by atoms with van der Waals surface area (Å²) in [6.07, 6.45) is 4.08. The van der Waals surface area contributed by atoms with Gasteiger partial charge in [0.05, 0.1) is 11.7 Å². The van der Waals surface area contributed by atoms with E-state index in [9.17, 15) is 9.90 Å².